The molecule has 9 heteroatoms. The van der Waals surface area contributed by atoms with Gasteiger partial charge in [-0.25, -0.2) is 8.42 Å². The fourth-order valence-corrected chi connectivity index (χ4v) is 4.54. The van der Waals surface area contributed by atoms with Gasteiger partial charge in [0.25, 0.3) is 0 Å². The van der Waals surface area contributed by atoms with Gasteiger partial charge in [0, 0.05) is 19.3 Å². The molecule has 0 amide bonds. The van der Waals surface area contributed by atoms with Crippen LogP contribution in [0.25, 0.3) is 0 Å². The number of aliphatic hydroxyl groups is 1. The molecular formula is C11H19N3O4S2. The minimum atomic E-state index is -3.38. The molecule has 3 N–H and O–H groups in total. The van der Waals surface area contributed by atoms with E-state index in [9.17, 15) is 8.42 Å². The first-order chi connectivity index (χ1) is 9.43. The van der Waals surface area contributed by atoms with Gasteiger partial charge >= 0.3 is 0 Å². The molecule has 0 aliphatic carbocycles. The number of rotatable bonds is 5. The van der Waals surface area contributed by atoms with Crippen LogP contribution in [-0.4, -0.2) is 56.6 Å². The number of hydrogen-bond donors (Lipinski definition) is 2. The lowest BCUT2D eigenvalue weighted by molar-refractivity contribution is 0.0159. The lowest BCUT2D eigenvalue weighted by Crippen LogP contribution is -2.37. The van der Waals surface area contributed by atoms with E-state index in [1.807, 2.05) is 4.90 Å². The molecule has 0 unspecified atom stereocenters. The first-order valence-electron chi connectivity index (χ1n) is 6.36. The van der Waals surface area contributed by atoms with E-state index >= 15 is 0 Å². The van der Waals surface area contributed by atoms with Crippen LogP contribution in [0.1, 0.15) is 12.8 Å². The number of aromatic nitrogens is 1. The minimum Gasteiger partial charge on any atom is -0.394 e. The van der Waals surface area contributed by atoms with E-state index in [4.69, 9.17) is 15.6 Å². The fraction of sp³-hybridized carbons (Fsp3) is 0.727. The predicted molar refractivity (Wildman–Crippen MR) is 77.9 cm³/mol. The molecule has 0 saturated carbocycles. The Hall–Kier alpha value is -0.900. The van der Waals surface area contributed by atoms with E-state index in [-0.39, 0.29) is 23.4 Å². The van der Waals surface area contributed by atoms with Crippen LogP contribution in [-0.2, 0) is 14.6 Å². The fourth-order valence-electron chi connectivity index (χ4n) is 2.28. The quantitative estimate of drug-likeness (QED) is 0.792. The number of sulfone groups is 1. The number of aliphatic hydroxyl groups excluding tert-OH is 1. The zero-order valence-electron chi connectivity index (χ0n) is 11.3. The van der Waals surface area contributed by atoms with E-state index in [1.54, 1.807) is 0 Å². The van der Waals surface area contributed by atoms with Gasteiger partial charge in [0.1, 0.15) is 9.90 Å². The molecule has 1 aliphatic heterocycles. The van der Waals surface area contributed by atoms with E-state index in [2.05, 4.69) is 4.37 Å². The minimum absolute atomic E-state index is 0.0177. The summed E-state index contributed by atoms with van der Waals surface area (Å²) in [6.45, 7) is 1.75. The number of hydrogen-bond acceptors (Lipinski definition) is 8. The van der Waals surface area contributed by atoms with Crippen molar-refractivity contribution in [1.29, 1.82) is 0 Å². The van der Waals surface area contributed by atoms with Crippen molar-refractivity contribution in [2.45, 2.75) is 23.8 Å². The summed E-state index contributed by atoms with van der Waals surface area (Å²) < 4.78 is 33.0. The number of ether oxygens (including phenoxy) is 1. The topological polar surface area (TPSA) is 106 Å². The molecule has 1 aromatic rings. The SMILES string of the molecule is CS(=O)(=O)c1c(N)nsc1N1CCC(OCCO)CC1. The van der Waals surface area contributed by atoms with Gasteiger partial charge in [0.15, 0.2) is 15.7 Å². The highest BCUT2D eigenvalue weighted by Gasteiger charge is 2.28. The first-order valence-corrected chi connectivity index (χ1v) is 9.02. The molecule has 1 aromatic heterocycles. The van der Waals surface area contributed by atoms with Crippen LogP contribution < -0.4 is 10.6 Å². The maximum absolute atomic E-state index is 11.8. The molecule has 20 heavy (non-hydrogen) atoms. The van der Waals surface area contributed by atoms with Gasteiger partial charge in [-0.05, 0) is 24.4 Å². The van der Waals surface area contributed by atoms with E-state index in [0.717, 1.165) is 30.6 Å². The van der Waals surface area contributed by atoms with Crippen molar-refractivity contribution >= 4 is 32.2 Å². The number of piperidine rings is 1. The van der Waals surface area contributed by atoms with Crippen LogP contribution in [0.5, 0.6) is 0 Å². The van der Waals surface area contributed by atoms with Crippen LogP contribution in [0, 0.1) is 0 Å². The van der Waals surface area contributed by atoms with Crippen molar-refractivity contribution in [2.24, 2.45) is 0 Å². The van der Waals surface area contributed by atoms with Gasteiger partial charge in [-0.3, -0.25) is 0 Å². The first kappa shape index (κ1) is 15.5. The number of nitrogens with two attached hydrogens (primary N) is 1. The lowest BCUT2D eigenvalue weighted by Gasteiger charge is -2.32. The smallest absolute Gasteiger partial charge is 0.182 e. The van der Waals surface area contributed by atoms with Gasteiger partial charge in [-0.1, -0.05) is 0 Å². The Morgan fingerprint density at radius 2 is 2.15 bits per heavy atom. The summed E-state index contributed by atoms with van der Waals surface area (Å²) >= 11 is 1.12. The lowest BCUT2D eigenvalue weighted by atomic mass is 10.1. The maximum Gasteiger partial charge on any atom is 0.182 e. The van der Waals surface area contributed by atoms with Crippen LogP contribution in [0.3, 0.4) is 0 Å². The third-order valence-corrected chi connectivity index (χ3v) is 5.40. The largest absolute Gasteiger partial charge is 0.394 e. The molecule has 1 saturated heterocycles. The predicted octanol–water partition coefficient (Wildman–Crippen LogP) is 0.107. The summed E-state index contributed by atoms with van der Waals surface area (Å²) in [6.07, 6.45) is 2.85. The highest BCUT2D eigenvalue weighted by atomic mass is 32.2. The molecular weight excluding hydrogens is 302 g/mol. The number of nitrogen functional groups attached to an aromatic ring is 1. The molecule has 114 valence electrons. The van der Waals surface area contributed by atoms with Crippen molar-refractivity contribution in [3.05, 3.63) is 0 Å². The van der Waals surface area contributed by atoms with E-state index in [0.29, 0.717) is 24.7 Å². The van der Waals surface area contributed by atoms with Crippen molar-refractivity contribution in [2.75, 3.05) is 43.2 Å². The monoisotopic (exact) mass is 321 g/mol. The Labute approximate surface area is 122 Å². The molecule has 2 heterocycles. The molecule has 0 aromatic carbocycles. The number of anilines is 2. The molecule has 1 fully saturated rings. The summed E-state index contributed by atoms with van der Waals surface area (Å²) in [6, 6.07) is 0. The molecule has 1 aliphatic rings. The van der Waals surface area contributed by atoms with Crippen LogP contribution in [0.4, 0.5) is 10.8 Å². The summed E-state index contributed by atoms with van der Waals surface area (Å²) in [5.74, 6) is 0.0751. The Bertz CT molecular complexity index is 550. The molecule has 0 bridgehead atoms. The zero-order valence-corrected chi connectivity index (χ0v) is 12.9. The normalized spacial score (nSPS) is 17.6. The average Bonchev–Trinajstić information content (AvgIpc) is 2.79. The summed E-state index contributed by atoms with van der Waals surface area (Å²) in [5, 5.41) is 9.35. The molecule has 0 atom stereocenters. The summed E-state index contributed by atoms with van der Waals surface area (Å²) in [7, 11) is -3.38. The maximum atomic E-state index is 11.8. The second-order valence-electron chi connectivity index (χ2n) is 4.76. The summed E-state index contributed by atoms with van der Waals surface area (Å²) in [5.41, 5.74) is 5.67. The summed E-state index contributed by atoms with van der Waals surface area (Å²) in [4.78, 5) is 2.13. The third kappa shape index (κ3) is 3.40. The highest BCUT2D eigenvalue weighted by molar-refractivity contribution is 7.91. The van der Waals surface area contributed by atoms with Crippen LogP contribution in [0.2, 0.25) is 0 Å². The third-order valence-electron chi connectivity index (χ3n) is 3.20. The molecule has 2 rings (SSSR count). The van der Waals surface area contributed by atoms with Gasteiger partial charge < -0.3 is 20.5 Å². The molecule has 7 nitrogen and oxygen atoms in total. The van der Waals surface area contributed by atoms with Gasteiger partial charge in [-0.15, -0.1) is 0 Å². The Morgan fingerprint density at radius 3 is 2.70 bits per heavy atom. The van der Waals surface area contributed by atoms with Crippen LogP contribution >= 0.6 is 11.5 Å². The Kier molecular flexibility index (Phi) is 4.84. The Balaban J connectivity index is 2.08. The van der Waals surface area contributed by atoms with E-state index in [1.165, 1.54) is 0 Å². The van der Waals surface area contributed by atoms with Crippen molar-refractivity contribution in [1.82, 2.24) is 4.37 Å². The van der Waals surface area contributed by atoms with Gasteiger partial charge in [0.05, 0.1) is 19.3 Å². The van der Waals surface area contributed by atoms with Gasteiger partial charge in [-0.2, -0.15) is 4.37 Å². The molecule has 0 spiro atoms. The second-order valence-corrected chi connectivity index (χ2v) is 7.46. The van der Waals surface area contributed by atoms with Crippen molar-refractivity contribution in [3.63, 3.8) is 0 Å². The second kappa shape index (κ2) is 6.25. The number of nitrogens with zero attached hydrogens (tertiary/aromatic N) is 2. The van der Waals surface area contributed by atoms with E-state index < -0.39 is 9.84 Å². The molecule has 0 radical (unpaired) electrons. The highest BCUT2D eigenvalue weighted by Crippen LogP contribution is 2.36. The van der Waals surface area contributed by atoms with Crippen molar-refractivity contribution < 1.29 is 18.3 Å². The van der Waals surface area contributed by atoms with Crippen molar-refractivity contribution in [3.8, 4) is 0 Å². The Morgan fingerprint density at radius 1 is 1.50 bits per heavy atom. The average molecular weight is 321 g/mol. The standard InChI is InChI=1S/C11H19N3O4S2/c1-20(16,17)9-10(12)13-19-11(9)14-4-2-8(3-5-14)18-7-6-15/h8,15H,2-7H2,1H3,(H2,12,13). The van der Waals surface area contributed by atoms with Crippen LogP contribution in [0.15, 0.2) is 4.90 Å². The van der Waals surface area contributed by atoms with Gasteiger partial charge in [0.2, 0.25) is 0 Å². The zero-order chi connectivity index (χ0) is 14.8.